The van der Waals surface area contributed by atoms with Crippen LogP contribution in [0.15, 0.2) is 23.0 Å². The summed E-state index contributed by atoms with van der Waals surface area (Å²) in [6, 6.07) is 3.95. The van der Waals surface area contributed by atoms with Crippen molar-refractivity contribution in [3.8, 4) is 0 Å². The third-order valence-corrected chi connectivity index (χ3v) is 1.95. The fourth-order valence-corrected chi connectivity index (χ4v) is 1.29. The first-order valence-corrected chi connectivity index (χ1v) is 4.32. The molecule has 2 aromatic heterocycles. The maximum atomic E-state index is 11.1. The third kappa shape index (κ3) is 1.66. The van der Waals surface area contributed by atoms with Crippen LogP contribution in [0.25, 0.3) is 5.65 Å². The number of carbonyl (C=O) groups excluding carboxylic acids is 1. The van der Waals surface area contributed by atoms with Gasteiger partial charge in [-0.15, -0.1) is 0 Å². The van der Waals surface area contributed by atoms with E-state index in [0.717, 1.165) is 10.6 Å². The Balaban J connectivity index is 2.94. The lowest BCUT2D eigenvalue weighted by atomic mass is 10.4. The molecule has 0 aromatic carbocycles. The zero-order chi connectivity index (χ0) is 11.0. The Morgan fingerprint density at radius 3 is 2.87 bits per heavy atom. The number of carbonyl (C=O) groups is 1. The Labute approximate surface area is 88.3 Å². The second kappa shape index (κ2) is 3.32. The number of halogens is 1. The highest BCUT2D eigenvalue weighted by Gasteiger charge is 2.09. The molecule has 2 rings (SSSR count). The Hall–Kier alpha value is -1.95. The molecule has 0 saturated heterocycles. The standard InChI is InChI=1S/C8H5ClN4O2/c9-5-1-2-6-11-7(14)3-4(8(10)15)13(6)12-5/h1-3H,(H2,10,15). The molecule has 0 aliphatic carbocycles. The minimum Gasteiger partial charge on any atom is -0.364 e. The first kappa shape index (κ1) is 9.60. The summed E-state index contributed by atoms with van der Waals surface area (Å²) in [5.41, 5.74) is 4.72. The van der Waals surface area contributed by atoms with E-state index in [4.69, 9.17) is 17.3 Å². The third-order valence-electron chi connectivity index (χ3n) is 1.75. The van der Waals surface area contributed by atoms with Crippen LogP contribution in [0, 0.1) is 0 Å². The first-order chi connectivity index (χ1) is 7.08. The zero-order valence-corrected chi connectivity index (χ0v) is 8.10. The van der Waals surface area contributed by atoms with Crippen LogP contribution in [-0.2, 0) is 0 Å². The smallest absolute Gasteiger partial charge is 0.274 e. The van der Waals surface area contributed by atoms with Gasteiger partial charge in [0.05, 0.1) is 0 Å². The molecular weight excluding hydrogens is 220 g/mol. The summed E-state index contributed by atoms with van der Waals surface area (Å²) in [5.74, 6) is -0.765. The monoisotopic (exact) mass is 224 g/mol. The van der Waals surface area contributed by atoms with E-state index in [1.54, 1.807) is 0 Å². The van der Waals surface area contributed by atoms with Crippen molar-refractivity contribution in [3.63, 3.8) is 0 Å². The van der Waals surface area contributed by atoms with Crippen molar-refractivity contribution in [2.45, 2.75) is 0 Å². The van der Waals surface area contributed by atoms with Gasteiger partial charge in [0.2, 0.25) is 0 Å². The Morgan fingerprint density at radius 1 is 1.47 bits per heavy atom. The van der Waals surface area contributed by atoms with E-state index in [1.165, 1.54) is 12.1 Å². The average Bonchev–Trinajstić information content (AvgIpc) is 2.17. The fraction of sp³-hybridized carbons (Fsp3) is 0. The summed E-state index contributed by atoms with van der Waals surface area (Å²) in [5, 5.41) is 3.99. The van der Waals surface area contributed by atoms with Crippen LogP contribution in [0.3, 0.4) is 0 Å². The van der Waals surface area contributed by atoms with Gasteiger partial charge in [0.1, 0.15) is 10.8 Å². The Kier molecular flexibility index (Phi) is 2.12. The number of amides is 1. The molecule has 7 heteroatoms. The maximum Gasteiger partial charge on any atom is 0.274 e. The molecule has 76 valence electrons. The van der Waals surface area contributed by atoms with E-state index in [-0.39, 0.29) is 16.5 Å². The molecule has 0 saturated carbocycles. The lowest BCUT2D eigenvalue weighted by Crippen LogP contribution is -2.22. The van der Waals surface area contributed by atoms with Gasteiger partial charge in [0, 0.05) is 6.07 Å². The highest BCUT2D eigenvalue weighted by Crippen LogP contribution is 2.06. The second-order valence-electron chi connectivity index (χ2n) is 2.77. The zero-order valence-electron chi connectivity index (χ0n) is 7.35. The number of rotatable bonds is 1. The molecule has 0 radical (unpaired) electrons. The Bertz CT molecular complexity index is 607. The van der Waals surface area contributed by atoms with Gasteiger partial charge in [-0.3, -0.25) is 9.59 Å². The van der Waals surface area contributed by atoms with Crippen LogP contribution < -0.4 is 11.3 Å². The Morgan fingerprint density at radius 2 is 2.20 bits per heavy atom. The molecule has 0 bridgehead atoms. The highest BCUT2D eigenvalue weighted by atomic mass is 35.5. The highest BCUT2D eigenvalue weighted by molar-refractivity contribution is 6.29. The number of hydrogen-bond donors (Lipinski definition) is 1. The van der Waals surface area contributed by atoms with Crippen molar-refractivity contribution in [1.29, 1.82) is 0 Å². The summed E-state index contributed by atoms with van der Waals surface area (Å²) < 4.78 is 1.13. The molecule has 6 nitrogen and oxygen atoms in total. The van der Waals surface area contributed by atoms with Gasteiger partial charge in [-0.1, -0.05) is 11.6 Å². The first-order valence-electron chi connectivity index (χ1n) is 3.94. The van der Waals surface area contributed by atoms with Crippen LogP contribution in [-0.4, -0.2) is 20.5 Å². The number of hydrogen-bond acceptors (Lipinski definition) is 4. The molecule has 0 aliphatic rings. The van der Waals surface area contributed by atoms with Gasteiger partial charge >= 0.3 is 0 Å². The van der Waals surface area contributed by atoms with E-state index < -0.39 is 11.5 Å². The molecule has 2 N–H and O–H groups in total. The predicted molar refractivity (Wildman–Crippen MR) is 52.8 cm³/mol. The molecule has 0 spiro atoms. The van der Waals surface area contributed by atoms with Crippen molar-refractivity contribution in [1.82, 2.24) is 14.6 Å². The molecule has 0 fully saturated rings. The van der Waals surface area contributed by atoms with E-state index in [1.807, 2.05) is 0 Å². The molecule has 2 heterocycles. The average molecular weight is 225 g/mol. The minimum absolute atomic E-state index is 0.0486. The van der Waals surface area contributed by atoms with Gasteiger partial charge in [-0.05, 0) is 12.1 Å². The largest absolute Gasteiger partial charge is 0.364 e. The summed E-state index contributed by atoms with van der Waals surface area (Å²) in [6.45, 7) is 0. The summed E-state index contributed by atoms with van der Waals surface area (Å²) >= 11 is 5.65. The number of nitrogens with two attached hydrogens (primary N) is 1. The molecule has 0 atom stereocenters. The quantitative estimate of drug-likeness (QED) is 0.729. The van der Waals surface area contributed by atoms with E-state index in [9.17, 15) is 9.59 Å². The fourth-order valence-electron chi connectivity index (χ4n) is 1.15. The number of aromatic nitrogens is 3. The van der Waals surface area contributed by atoms with Crippen molar-refractivity contribution in [3.05, 3.63) is 39.4 Å². The molecule has 2 aromatic rings. The van der Waals surface area contributed by atoms with Gasteiger partial charge in [-0.2, -0.15) is 10.1 Å². The number of primary amides is 1. The van der Waals surface area contributed by atoms with Crippen molar-refractivity contribution in [2.24, 2.45) is 5.73 Å². The number of fused-ring (bicyclic) bond motifs is 1. The molecular formula is C8H5ClN4O2. The van der Waals surface area contributed by atoms with Crippen molar-refractivity contribution < 1.29 is 4.79 Å². The van der Waals surface area contributed by atoms with Gasteiger partial charge in [-0.25, -0.2) is 4.52 Å². The van der Waals surface area contributed by atoms with Gasteiger partial charge in [0.15, 0.2) is 5.65 Å². The van der Waals surface area contributed by atoms with E-state index in [2.05, 4.69) is 10.1 Å². The summed E-state index contributed by atoms with van der Waals surface area (Å²) in [7, 11) is 0. The van der Waals surface area contributed by atoms with Crippen LogP contribution in [0.4, 0.5) is 0 Å². The minimum atomic E-state index is -0.765. The molecule has 0 aliphatic heterocycles. The van der Waals surface area contributed by atoms with Gasteiger partial charge < -0.3 is 5.73 Å². The summed E-state index contributed by atoms with van der Waals surface area (Å²) in [4.78, 5) is 25.8. The van der Waals surface area contributed by atoms with E-state index in [0.29, 0.717) is 0 Å². The molecule has 1 amide bonds. The topological polar surface area (TPSA) is 90.4 Å². The predicted octanol–water partition coefficient (Wildman–Crippen LogP) is -0.158. The van der Waals surface area contributed by atoms with Crippen LogP contribution in [0.1, 0.15) is 10.5 Å². The van der Waals surface area contributed by atoms with E-state index >= 15 is 0 Å². The number of nitrogens with zero attached hydrogens (tertiary/aromatic N) is 3. The molecule has 15 heavy (non-hydrogen) atoms. The lowest BCUT2D eigenvalue weighted by molar-refractivity contribution is 0.0993. The van der Waals surface area contributed by atoms with Crippen LogP contribution in [0.2, 0.25) is 5.15 Å². The van der Waals surface area contributed by atoms with Crippen LogP contribution in [0.5, 0.6) is 0 Å². The maximum absolute atomic E-state index is 11.1. The van der Waals surface area contributed by atoms with Gasteiger partial charge in [0.25, 0.3) is 11.5 Å². The lowest BCUT2D eigenvalue weighted by Gasteiger charge is -2.03. The second-order valence-corrected chi connectivity index (χ2v) is 3.16. The van der Waals surface area contributed by atoms with Crippen molar-refractivity contribution >= 4 is 23.2 Å². The normalized spacial score (nSPS) is 10.5. The molecule has 0 unspecified atom stereocenters. The summed E-state index contributed by atoms with van der Waals surface area (Å²) in [6.07, 6.45) is 0. The van der Waals surface area contributed by atoms with Crippen molar-refractivity contribution in [2.75, 3.05) is 0 Å². The van der Waals surface area contributed by atoms with Crippen LogP contribution >= 0.6 is 11.6 Å². The SMILES string of the molecule is NC(=O)c1cc(=O)nc2ccc(Cl)nn12.